The van der Waals surface area contributed by atoms with Crippen molar-refractivity contribution in [1.82, 2.24) is 0 Å². The van der Waals surface area contributed by atoms with Gasteiger partial charge in [-0.05, 0) is 0 Å². The Morgan fingerprint density at radius 2 is 0.553 bits per heavy atom. The van der Waals surface area contributed by atoms with Crippen LogP contribution in [-0.2, 0) is 64.6 Å². The number of hydrogen-bond donors (Lipinski definition) is 8. The molecule has 0 fully saturated rings. The second kappa shape index (κ2) is 26.6. The van der Waals surface area contributed by atoms with Crippen LogP contribution in [0.4, 0.5) is 0 Å². The van der Waals surface area contributed by atoms with E-state index in [1.807, 2.05) is 0 Å². The fourth-order valence-corrected chi connectivity index (χ4v) is 1.09. The summed E-state index contributed by atoms with van der Waals surface area (Å²) >= 11 is 0. The summed E-state index contributed by atoms with van der Waals surface area (Å²) in [5, 5.41) is 70.8. The van der Waals surface area contributed by atoms with Gasteiger partial charge in [0.05, 0.1) is 73.7 Å². The number of carboxylic acids is 8. The van der Waals surface area contributed by atoms with E-state index >= 15 is 0 Å². The van der Waals surface area contributed by atoms with E-state index in [4.69, 9.17) is 43.4 Å². The third-order valence-corrected chi connectivity index (χ3v) is 2.79. The van der Waals surface area contributed by atoms with Gasteiger partial charge in [0.1, 0.15) is 0 Å². The number of carboxylic acid groups (broad SMARTS) is 8. The van der Waals surface area contributed by atoms with Gasteiger partial charge in [-0.15, -0.1) is 0 Å². The van der Waals surface area contributed by atoms with Crippen molar-refractivity contribution in [3.63, 3.8) is 0 Å². The maximum Gasteiger partial charge on any atom is 4.00 e. The molecule has 0 bridgehead atoms. The Hall–Kier alpha value is -3.45. The molecule has 211 valence electrons. The molecule has 0 saturated carbocycles. The molecule has 20 nitrogen and oxygen atoms in total. The molecule has 0 aromatic heterocycles. The van der Waals surface area contributed by atoms with E-state index in [9.17, 15) is 58.8 Å². The first-order chi connectivity index (χ1) is 16.1. The van der Waals surface area contributed by atoms with Gasteiger partial charge < -0.3 is 83.0 Å². The van der Waals surface area contributed by atoms with Crippen LogP contribution in [0.2, 0.25) is 0 Å². The summed E-state index contributed by atoms with van der Waals surface area (Å²) in [5.41, 5.74) is 19.1. The van der Waals surface area contributed by atoms with E-state index in [1.54, 1.807) is 0 Å². The molecule has 0 unspecified atom stereocenters. The van der Waals surface area contributed by atoms with Crippen molar-refractivity contribution in [2.24, 2.45) is 22.9 Å². The fraction of sp³-hybridized carbons (Fsp3) is 0.500. The maximum absolute atomic E-state index is 9.74. The molecule has 22 heteroatoms. The van der Waals surface area contributed by atoms with Crippen LogP contribution in [0.5, 0.6) is 0 Å². The Kier molecular flexibility index (Phi) is 33.4. The van der Waals surface area contributed by atoms with Crippen molar-refractivity contribution in [1.29, 1.82) is 0 Å². The van der Waals surface area contributed by atoms with E-state index in [0.717, 1.165) is 0 Å². The number of rotatable bonds is 12. The molecule has 0 rings (SSSR count). The Morgan fingerprint density at radius 1 is 0.447 bits per heavy atom. The summed E-state index contributed by atoms with van der Waals surface area (Å²) in [7, 11) is 0. The minimum absolute atomic E-state index is 0. The van der Waals surface area contributed by atoms with Crippen molar-refractivity contribution < 1.29 is 105 Å². The quantitative estimate of drug-likeness (QED) is 0.0927. The van der Waals surface area contributed by atoms with Gasteiger partial charge in [-0.25, -0.2) is 0 Å². The predicted octanol–water partition coefficient (Wildman–Crippen LogP) is -10.2. The average molecular weight is 630 g/mol. The number of carbonyl (C=O) groups excluding carboxylic acids is 4. The van der Waals surface area contributed by atoms with Gasteiger partial charge in [0.15, 0.2) is 0 Å². The number of carbonyl (C=O) groups is 8. The van der Waals surface area contributed by atoms with E-state index < -0.39 is 97.6 Å². The van der Waals surface area contributed by atoms with Crippen LogP contribution >= 0.6 is 0 Å². The zero-order valence-corrected chi connectivity index (χ0v) is 21.7. The van der Waals surface area contributed by atoms with Crippen molar-refractivity contribution >= 4 is 56.2 Å². The maximum atomic E-state index is 9.74. The van der Waals surface area contributed by atoms with E-state index in [1.165, 1.54) is 0 Å². The first-order valence-electron chi connectivity index (χ1n) is 8.88. The van der Waals surface area contributed by atoms with Crippen LogP contribution in [0.3, 0.4) is 0 Å². The largest absolute Gasteiger partial charge is 4.00 e. The van der Waals surface area contributed by atoms with Gasteiger partial charge in [0.25, 0.3) is 0 Å². The molecule has 3 radical (unpaired) electrons. The standard InChI is InChI=1S/4C4H7NO4.B.Zr/c4*5-2(4(8)9)1-3(6)7;;/h4*2H,1,5H2,(H,6,7)(H,8,9);;/q;;;;;+4/p-4/t4*2-;;/m0000../s1. The molecular weight excluding hydrogens is 606 g/mol. The smallest absolute Gasteiger partial charge is 0.548 e. The summed E-state index contributed by atoms with van der Waals surface area (Å²) in [6.45, 7) is 0. The fourth-order valence-electron chi connectivity index (χ4n) is 1.09. The van der Waals surface area contributed by atoms with Crippen molar-refractivity contribution in [3.05, 3.63) is 0 Å². The second-order valence-electron chi connectivity index (χ2n) is 6.09. The van der Waals surface area contributed by atoms with Crippen LogP contribution < -0.4 is 43.4 Å². The molecule has 0 aliphatic rings. The van der Waals surface area contributed by atoms with Crippen molar-refractivity contribution in [2.75, 3.05) is 0 Å². The summed E-state index contributed by atoms with van der Waals surface area (Å²) in [6.07, 6.45) is -2.38. The molecule has 0 saturated heterocycles. The summed E-state index contributed by atoms with van der Waals surface area (Å²) < 4.78 is 0. The van der Waals surface area contributed by atoms with Gasteiger partial charge in [0.2, 0.25) is 0 Å². The zero-order chi connectivity index (χ0) is 29.8. The monoisotopic (exact) mass is 629 g/mol. The van der Waals surface area contributed by atoms with Crippen molar-refractivity contribution in [3.8, 4) is 0 Å². The van der Waals surface area contributed by atoms with E-state index in [0.29, 0.717) is 0 Å². The third kappa shape index (κ3) is 39.7. The van der Waals surface area contributed by atoms with Gasteiger partial charge in [-0.2, -0.15) is 0 Å². The number of nitrogens with two attached hydrogens (primary N) is 4. The van der Waals surface area contributed by atoms with Crippen molar-refractivity contribution in [2.45, 2.75) is 49.9 Å². The predicted molar refractivity (Wildman–Crippen MR) is 107 cm³/mol. The molecular formula is C16H24BN4O16Zr. The molecule has 4 atom stereocenters. The van der Waals surface area contributed by atoms with E-state index in [2.05, 4.69) is 0 Å². The molecule has 0 amide bonds. The van der Waals surface area contributed by atoms with Crippen LogP contribution in [0.25, 0.3) is 0 Å². The molecule has 0 aromatic rings. The van der Waals surface area contributed by atoms with E-state index in [-0.39, 0.29) is 34.6 Å². The normalized spacial score (nSPS) is 11.9. The summed E-state index contributed by atoms with van der Waals surface area (Å²) in [6, 6.07) is -5.60. The Morgan fingerprint density at radius 3 is 0.579 bits per heavy atom. The molecule has 38 heavy (non-hydrogen) atoms. The first-order valence-corrected chi connectivity index (χ1v) is 8.88. The minimum atomic E-state index is -1.54. The third-order valence-electron chi connectivity index (χ3n) is 2.79. The molecule has 0 aliphatic carbocycles. The van der Waals surface area contributed by atoms with Crippen LogP contribution in [0, 0.1) is 0 Å². The molecule has 0 heterocycles. The molecule has 12 N–H and O–H groups in total. The van der Waals surface area contributed by atoms with Crippen LogP contribution in [-0.4, -0.2) is 101 Å². The SMILES string of the molecule is N[C@@H](CC(=O)O)C(=O)[O-].N[C@@H](CC(=O)O)C(=O)[O-].N[C@@H](CC(=O)O)C(=O)[O-].N[C@@H](CC(=O)O)C(=O)[O-].[B].[Zr+4]. The minimum Gasteiger partial charge on any atom is -0.548 e. The Balaban J connectivity index is -0.0000000883. The van der Waals surface area contributed by atoms with Gasteiger partial charge in [0, 0.05) is 8.41 Å². The number of aliphatic carboxylic acids is 8. The first kappa shape index (κ1) is 47.7. The Bertz CT molecular complexity index is 671. The molecule has 0 aromatic carbocycles. The van der Waals surface area contributed by atoms with Crippen LogP contribution in [0.1, 0.15) is 25.7 Å². The Labute approximate surface area is 234 Å². The molecule has 0 aliphatic heterocycles. The van der Waals surface area contributed by atoms with Crippen LogP contribution in [0.15, 0.2) is 0 Å². The average Bonchev–Trinajstić information content (AvgIpc) is 2.67. The van der Waals surface area contributed by atoms with Gasteiger partial charge in [-0.3, -0.25) is 19.2 Å². The summed E-state index contributed by atoms with van der Waals surface area (Å²) in [4.78, 5) is 77.9. The topological polar surface area (TPSA) is 414 Å². The zero-order valence-electron chi connectivity index (χ0n) is 19.2. The molecule has 0 spiro atoms. The van der Waals surface area contributed by atoms with Gasteiger partial charge >= 0.3 is 50.1 Å². The summed E-state index contributed by atoms with van der Waals surface area (Å²) in [5.74, 6) is -11.2. The number of hydrogen-bond acceptors (Lipinski definition) is 16. The van der Waals surface area contributed by atoms with Gasteiger partial charge in [-0.1, -0.05) is 0 Å². The second-order valence-corrected chi connectivity index (χ2v) is 6.09.